The molecule has 0 saturated heterocycles. The van der Waals surface area contributed by atoms with Gasteiger partial charge in [0.05, 0.1) is 0 Å². The predicted molar refractivity (Wildman–Crippen MR) is 34.5 cm³/mol. The fraction of sp³-hybridized carbons (Fsp3) is 0.400. The number of hydrogen-bond donors (Lipinski definition) is 1. The monoisotopic (exact) mass is 216 g/mol. The van der Waals surface area contributed by atoms with E-state index < -0.39 is 0 Å². The van der Waals surface area contributed by atoms with Crippen molar-refractivity contribution in [2.75, 3.05) is 0 Å². The molecule has 0 saturated carbocycles. The second-order valence-electron chi connectivity index (χ2n) is 1.50. The molecule has 0 bridgehead atoms. The van der Waals surface area contributed by atoms with Crippen LogP contribution in [0.5, 0.6) is 0 Å². The Labute approximate surface area is 58.9 Å². The fourth-order valence-electron chi connectivity index (χ4n) is 0.545. The molecule has 8 heavy (non-hydrogen) atoms. The number of aromatic amines is 1. The molecule has 3 heteroatoms. The molecular weight excluding hydrogens is 207 g/mol. The second kappa shape index (κ2) is 3.12. The normalized spacial score (nSPS) is 9.62. The third kappa shape index (κ3) is 1.50. The summed E-state index contributed by atoms with van der Waals surface area (Å²) in [6.07, 6.45) is 1.83. The van der Waals surface area contributed by atoms with Gasteiger partial charge in [-0.15, -0.1) is 0 Å². The minimum atomic E-state index is -0.221. The van der Waals surface area contributed by atoms with Crippen LogP contribution in [0.2, 0.25) is 4.44 Å². The first-order chi connectivity index (χ1) is 3.93. The maximum atomic E-state index is 3.86. The van der Waals surface area contributed by atoms with E-state index in [2.05, 4.69) is 23.2 Å². The van der Waals surface area contributed by atoms with E-state index in [0.717, 1.165) is 0 Å². The van der Waals surface area contributed by atoms with E-state index in [1.165, 1.54) is 8.15 Å². The summed E-state index contributed by atoms with van der Waals surface area (Å²) in [5.41, 5.74) is 0. The van der Waals surface area contributed by atoms with Crippen molar-refractivity contribution < 1.29 is 0 Å². The van der Waals surface area contributed by atoms with Crippen LogP contribution in [0.25, 0.3) is 0 Å². The molecule has 0 aliphatic heterocycles. The minimum absolute atomic E-state index is 0.221. The van der Waals surface area contributed by atoms with Gasteiger partial charge >= 0.3 is 58.7 Å². The van der Waals surface area contributed by atoms with Crippen molar-refractivity contribution in [1.29, 1.82) is 0 Å². The molecule has 42 valence electrons. The Morgan fingerprint density at radius 2 is 2.75 bits per heavy atom. The number of nitrogens with zero attached hydrogens (tertiary/aromatic N) is 1. The summed E-state index contributed by atoms with van der Waals surface area (Å²) < 4.78 is 2.75. The van der Waals surface area contributed by atoms with Crippen LogP contribution in [0.15, 0.2) is 12.3 Å². The third-order valence-corrected chi connectivity index (χ3v) is 3.76. The summed E-state index contributed by atoms with van der Waals surface area (Å²) in [6, 6.07) is 2.08. The van der Waals surface area contributed by atoms with Gasteiger partial charge in [-0.1, -0.05) is 0 Å². The van der Waals surface area contributed by atoms with Gasteiger partial charge in [-0.2, -0.15) is 0 Å². The average Bonchev–Trinajstić information content (AvgIpc) is 2.19. The second-order valence-corrected chi connectivity index (χ2v) is 6.07. The molecule has 0 aliphatic carbocycles. The van der Waals surface area contributed by atoms with Gasteiger partial charge in [0.15, 0.2) is 0 Å². The zero-order chi connectivity index (χ0) is 5.82. The molecule has 0 unspecified atom stereocenters. The molecule has 0 aliphatic rings. The van der Waals surface area contributed by atoms with Crippen LogP contribution in [-0.4, -0.2) is 31.3 Å². The third-order valence-electron chi connectivity index (χ3n) is 0.868. The van der Waals surface area contributed by atoms with Gasteiger partial charge in [-0.3, -0.25) is 0 Å². The number of aromatic nitrogens is 2. The average molecular weight is 215 g/mol. The standard InChI is InChI=1S/C3H3N2.C2H5.Sn/c1-2-4-5-3-1;1-2;/h1-2H,(H,4,5);1H2,2H3;. The molecule has 0 amide bonds. The predicted octanol–water partition coefficient (Wildman–Crippen LogP) is 0.177. The quantitative estimate of drug-likeness (QED) is 0.700. The van der Waals surface area contributed by atoms with Crippen LogP contribution < -0.4 is 3.71 Å². The summed E-state index contributed by atoms with van der Waals surface area (Å²) >= 11 is -0.221. The SMILES string of the molecule is C[CH2][Sn][c]1ccn[nH]1. The Bertz CT molecular complexity index is 136. The van der Waals surface area contributed by atoms with Crippen molar-refractivity contribution in [3.63, 3.8) is 0 Å². The molecule has 1 N–H and O–H groups in total. The molecule has 2 nitrogen and oxygen atoms in total. The van der Waals surface area contributed by atoms with E-state index in [9.17, 15) is 0 Å². The number of hydrogen-bond acceptors (Lipinski definition) is 1. The van der Waals surface area contributed by atoms with Crippen LogP contribution in [-0.2, 0) is 0 Å². The van der Waals surface area contributed by atoms with Crippen LogP contribution in [0, 0.1) is 0 Å². The summed E-state index contributed by atoms with van der Waals surface area (Å²) in [7, 11) is 0. The number of H-pyrrole nitrogens is 1. The Morgan fingerprint density at radius 1 is 1.88 bits per heavy atom. The molecule has 1 heterocycles. The van der Waals surface area contributed by atoms with E-state index >= 15 is 0 Å². The van der Waals surface area contributed by atoms with E-state index in [0.29, 0.717) is 0 Å². The van der Waals surface area contributed by atoms with Gasteiger partial charge in [0.2, 0.25) is 0 Å². The zero-order valence-corrected chi connectivity index (χ0v) is 7.66. The summed E-state index contributed by atoms with van der Waals surface area (Å²) in [4.78, 5) is 0. The van der Waals surface area contributed by atoms with Gasteiger partial charge < -0.3 is 0 Å². The van der Waals surface area contributed by atoms with Gasteiger partial charge in [-0.05, 0) is 0 Å². The van der Waals surface area contributed by atoms with Gasteiger partial charge in [-0.25, -0.2) is 0 Å². The van der Waals surface area contributed by atoms with Crippen molar-refractivity contribution in [3.05, 3.63) is 12.3 Å². The van der Waals surface area contributed by atoms with Crippen molar-refractivity contribution in [3.8, 4) is 0 Å². The van der Waals surface area contributed by atoms with Crippen molar-refractivity contribution in [1.82, 2.24) is 10.2 Å². The summed E-state index contributed by atoms with van der Waals surface area (Å²) in [5.74, 6) is 0. The van der Waals surface area contributed by atoms with Crippen molar-refractivity contribution >= 4 is 24.9 Å². The van der Waals surface area contributed by atoms with Gasteiger partial charge in [0, 0.05) is 0 Å². The van der Waals surface area contributed by atoms with E-state index in [1.807, 2.05) is 6.20 Å². The summed E-state index contributed by atoms with van der Waals surface area (Å²) in [5, 5.41) is 6.82. The molecule has 1 rings (SSSR count). The molecule has 0 aromatic carbocycles. The Kier molecular flexibility index (Phi) is 2.39. The van der Waals surface area contributed by atoms with Crippen LogP contribution in [0.1, 0.15) is 6.92 Å². The van der Waals surface area contributed by atoms with E-state index in [4.69, 9.17) is 0 Å². The van der Waals surface area contributed by atoms with Gasteiger partial charge in [0.1, 0.15) is 0 Å². The first-order valence-corrected chi connectivity index (χ1v) is 6.11. The Hall–Kier alpha value is 0.00870. The summed E-state index contributed by atoms with van der Waals surface area (Å²) in [6.45, 7) is 2.23. The Morgan fingerprint density at radius 3 is 3.25 bits per heavy atom. The van der Waals surface area contributed by atoms with Crippen LogP contribution in [0.3, 0.4) is 0 Å². The molecule has 1 aromatic rings. The topological polar surface area (TPSA) is 28.7 Å². The molecule has 0 atom stereocenters. The van der Waals surface area contributed by atoms with Gasteiger partial charge in [0.25, 0.3) is 0 Å². The maximum absolute atomic E-state index is 3.86. The molecule has 2 radical (unpaired) electrons. The van der Waals surface area contributed by atoms with Crippen molar-refractivity contribution in [2.24, 2.45) is 0 Å². The van der Waals surface area contributed by atoms with Crippen LogP contribution >= 0.6 is 0 Å². The molecule has 0 fully saturated rings. The number of nitrogens with one attached hydrogen (secondary N) is 1. The van der Waals surface area contributed by atoms with Crippen LogP contribution in [0.4, 0.5) is 0 Å². The Balaban J connectivity index is 2.50. The van der Waals surface area contributed by atoms with E-state index in [-0.39, 0.29) is 21.1 Å². The first-order valence-electron chi connectivity index (χ1n) is 2.66. The van der Waals surface area contributed by atoms with Crippen molar-refractivity contribution in [2.45, 2.75) is 11.4 Å². The molecule has 0 spiro atoms. The van der Waals surface area contributed by atoms with E-state index in [1.54, 1.807) is 0 Å². The molecular formula is C5H8N2Sn. The number of rotatable bonds is 2. The fourth-order valence-corrected chi connectivity index (χ4v) is 2.59. The zero-order valence-electron chi connectivity index (χ0n) is 4.81. The molecule has 1 aromatic heterocycles. The first kappa shape index (κ1) is 6.13.